The summed E-state index contributed by atoms with van der Waals surface area (Å²) in [5, 5.41) is 2.54. The molecule has 0 bridgehead atoms. The van der Waals surface area contributed by atoms with Crippen LogP contribution in [0.2, 0.25) is 39.3 Å². The number of pyridine rings is 2. The minimum atomic E-state index is -2.32. The maximum atomic E-state index is 8.29. The number of ether oxygens (including phenoxy) is 2. The summed E-state index contributed by atoms with van der Waals surface area (Å²) in [6.45, 7) is 18.3. The fourth-order valence-corrected chi connectivity index (χ4v) is 13.7. The van der Waals surface area contributed by atoms with Crippen molar-refractivity contribution in [3.05, 3.63) is 194 Å². The molecule has 4 aliphatic rings. The van der Waals surface area contributed by atoms with Crippen LogP contribution in [0, 0.1) is 13.8 Å². The van der Waals surface area contributed by atoms with E-state index in [1.807, 2.05) is 41.6 Å². The van der Waals surface area contributed by atoms with Crippen LogP contribution in [-0.2, 0) is 0 Å². The van der Waals surface area contributed by atoms with Crippen molar-refractivity contribution in [1.82, 2.24) is 9.97 Å². The van der Waals surface area contributed by atoms with Crippen molar-refractivity contribution in [2.45, 2.75) is 53.1 Å². The summed E-state index contributed by atoms with van der Waals surface area (Å²) in [5.74, 6) is 3.02. The molecule has 9 aromatic rings. The number of aromatic nitrogens is 2. The van der Waals surface area contributed by atoms with Crippen LogP contribution in [0.3, 0.4) is 0 Å². The van der Waals surface area contributed by atoms with Gasteiger partial charge in [0.05, 0.1) is 87.4 Å². The van der Waals surface area contributed by atoms with Crippen LogP contribution in [0.25, 0.3) is 0 Å². The highest BCUT2D eigenvalue weighted by Crippen LogP contribution is 2.49. The zero-order valence-corrected chi connectivity index (χ0v) is 48.9. The normalized spacial score (nSPS) is 15.4. The lowest BCUT2D eigenvalue weighted by molar-refractivity contribution is 0.483. The van der Waals surface area contributed by atoms with Gasteiger partial charge in [0.1, 0.15) is 36.3 Å². The van der Waals surface area contributed by atoms with E-state index >= 15 is 0 Å². The van der Waals surface area contributed by atoms with Crippen molar-refractivity contribution in [2.75, 3.05) is 79.9 Å². The molecule has 80 heavy (non-hydrogen) atoms. The summed E-state index contributed by atoms with van der Waals surface area (Å²) < 4.78 is 38.6. The maximum Gasteiger partial charge on any atom is 0.129 e. The molecular weight excluding hydrogens is 1020 g/mol. The van der Waals surface area contributed by atoms with Crippen LogP contribution in [0.5, 0.6) is 23.0 Å². The van der Waals surface area contributed by atoms with Gasteiger partial charge in [0.15, 0.2) is 0 Å². The number of benzene rings is 7. The number of hydrogen-bond donors (Lipinski definition) is 0. The predicted molar refractivity (Wildman–Crippen MR) is 338 cm³/mol. The van der Waals surface area contributed by atoms with Gasteiger partial charge in [-0.15, -0.1) is 0 Å². The minimum absolute atomic E-state index is 0.176. The molecule has 402 valence electrons. The summed E-state index contributed by atoms with van der Waals surface area (Å²) >= 11 is 0. The van der Waals surface area contributed by atoms with E-state index in [0.717, 1.165) is 92.1 Å². The van der Waals surface area contributed by atoms with Crippen LogP contribution in [0.1, 0.15) is 15.2 Å². The van der Waals surface area contributed by atoms with Gasteiger partial charge in [-0.1, -0.05) is 73.9 Å². The van der Waals surface area contributed by atoms with Crippen LogP contribution in [0.15, 0.2) is 183 Å². The third-order valence-electron chi connectivity index (χ3n) is 16.0. The highest BCUT2D eigenvalue weighted by molar-refractivity contribution is 6.89. The molecule has 6 heterocycles. The molecule has 0 spiro atoms. The Morgan fingerprint density at radius 3 is 1.25 bits per heavy atom. The van der Waals surface area contributed by atoms with Gasteiger partial charge in [-0.3, -0.25) is 9.97 Å². The van der Waals surface area contributed by atoms with E-state index in [-0.39, 0.29) is 6.67 Å². The first-order valence-electron chi connectivity index (χ1n) is 28.9. The van der Waals surface area contributed by atoms with Gasteiger partial charge in [0.25, 0.3) is 0 Å². The third kappa shape index (κ3) is 9.31. The first-order valence-corrected chi connectivity index (χ1v) is 34.4. The van der Waals surface area contributed by atoms with E-state index < -0.39 is 23.1 Å². The topological polar surface area (TPSA) is 70.2 Å². The summed E-state index contributed by atoms with van der Waals surface area (Å²) in [6, 6.07) is 56.1. The van der Waals surface area contributed by atoms with Crippen LogP contribution in [0.4, 0.5) is 79.6 Å². The second kappa shape index (κ2) is 19.6. The largest absolute Gasteiger partial charge is 0.457 e. The molecule has 0 saturated heterocycles. The SMILES string of the molecule is [2H]C([2H])([2H])N1CN(c2cc(Oc3cccc(N4CN(c5ccc(N6CN(c7cccc(Oc8cc(N9CN(C)c%10cnccc%109)cc([Si](C)(C)C)c8)c7)c7cc(C)c(C)cc76)cc5)c5ccccc54)c3)cc([Si](C)(C)C)c2)c2ccncc21. The zero-order valence-electron chi connectivity index (χ0n) is 49.9. The first-order chi connectivity index (χ1) is 39.7. The van der Waals surface area contributed by atoms with E-state index in [4.69, 9.17) is 13.6 Å². The van der Waals surface area contributed by atoms with E-state index in [1.165, 1.54) is 26.4 Å². The molecule has 7 aromatic carbocycles. The molecular formula is C66H68N10O2Si2. The van der Waals surface area contributed by atoms with Gasteiger partial charge in [-0.05, 0) is 134 Å². The second-order valence-electron chi connectivity index (χ2n) is 23.5. The monoisotopic (exact) mass is 1090 g/mol. The Hall–Kier alpha value is -8.73. The molecule has 12 nitrogen and oxygen atoms in total. The lowest BCUT2D eigenvalue weighted by Gasteiger charge is -2.25. The summed E-state index contributed by atoms with van der Waals surface area (Å²) in [7, 11) is -1.50. The molecule has 0 aliphatic carbocycles. The van der Waals surface area contributed by atoms with Crippen molar-refractivity contribution in [3.63, 3.8) is 0 Å². The van der Waals surface area contributed by atoms with Crippen molar-refractivity contribution in [1.29, 1.82) is 0 Å². The average Bonchev–Trinajstić information content (AvgIpc) is 3.98. The van der Waals surface area contributed by atoms with E-state index in [9.17, 15) is 0 Å². The lowest BCUT2D eigenvalue weighted by atomic mass is 10.1. The Labute approximate surface area is 477 Å². The average molecular weight is 1090 g/mol. The Morgan fingerprint density at radius 2 is 0.775 bits per heavy atom. The molecule has 0 radical (unpaired) electrons. The smallest absolute Gasteiger partial charge is 0.129 e. The van der Waals surface area contributed by atoms with Gasteiger partial charge >= 0.3 is 0 Å². The number of rotatable bonds is 12. The predicted octanol–water partition coefficient (Wildman–Crippen LogP) is 15.4. The van der Waals surface area contributed by atoms with Crippen LogP contribution >= 0.6 is 0 Å². The van der Waals surface area contributed by atoms with Gasteiger partial charge < -0.3 is 48.7 Å². The van der Waals surface area contributed by atoms with E-state index in [2.05, 4.69) is 233 Å². The van der Waals surface area contributed by atoms with Gasteiger partial charge in [-0.25, -0.2) is 0 Å². The van der Waals surface area contributed by atoms with Gasteiger partial charge in [0, 0.05) is 88.9 Å². The molecule has 0 atom stereocenters. The molecule has 13 rings (SSSR count). The molecule has 4 aliphatic heterocycles. The van der Waals surface area contributed by atoms with Crippen molar-refractivity contribution in [2.24, 2.45) is 0 Å². The Balaban J connectivity index is 0.751. The van der Waals surface area contributed by atoms with Crippen molar-refractivity contribution < 1.29 is 13.6 Å². The molecule has 0 N–H and O–H groups in total. The summed E-state index contributed by atoms with van der Waals surface area (Å²) in [6.07, 6.45) is 7.16. The molecule has 0 saturated carbocycles. The minimum Gasteiger partial charge on any atom is -0.457 e. The molecule has 2 aromatic heterocycles. The van der Waals surface area contributed by atoms with Gasteiger partial charge in [-0.2, -0.15) is 0 Å². The first kappa shape index (κ1) is 47.3. The fourth-order valence-electron chi connectivity index (χ4n) is 11.4. The molecule has 14 heteroatoms. The molecule has 0 unspecified atom stereocenters. The van der Waals surface area contributed by atoms with Gasteiger partial charge in [0.2, 0.25) is 0 Å². The number of aryl methyl sites for hydroxylation is 2. The van der Waals surface area contributed by atoms with Crippen molar-refractivity contribution in [3.8, 4) is 23.0 Å². The van der Waals surface area contributed by atoms with Crippen LogP contribution < -0.4 is 59.0 Å². The lowest BCUT2D eigenvalue weighted by Crippen LogP contribution is -2.38. The molecule has 0 amide bonds. The molecule has 0 fully saturated rings. The Kier molecular flexibility index (Phi) is 11.6. The second-order valence-corrected chi connectivity index (χ2v) is 33.7. The van der Waals surface area contributed by atoms with Crippen molar-refractivity contribution >= 4 is 106 Å². The quantitative estimate of drug-likeness (QED) is 0.109. The Morgan fingerprint density at radius 1 is 0.375 bits per heavy atom. The highest BCUT2D eigenvalue weighted by Gasteiger charge is 2.33. The summed E-state index contributed by atoms with van der Waals surface area (Å²) in [5.41, 5.74) is 16.9. The number of nitrogens with zero attached hydrogens (tertiary/aromatic N) is 10. The maximum absolute atomic E-state index is 8.29. The third-order valence-corrected chi connectivity index (χ3v) is 20.1. The standard InChI is InChI=1S/C66H68N10O2Si2/c1-45-29-63-64(30-46(45)2)76(50-16-14-18-54(32-50)78-56-34-52(36-58(38-56)80(8,9)10)72-42-70(4)66-40-68-28-26-62(66)72)44-74(63)48-23-21-47(22-24-48)73-43-75(60-20-12-11-19-59(60)73)49-15-13-17-53(31-49)77-55-33-51(35-57(37-55)79(5,6)7)71-41-69(3)65-39-67-27-25-61(65)71/h11-40H,41-44H2,1-10H3/i3D3. The number of anilines is 14. The van der Waals surface area contributed by atoms with Crippen LogP contribution in [-0.4, -0.2) is 66.8 Å². The zero-order chi connectivity index (χ0) is 57.7. The van der Waals surface area contributed by atoms with E-state index in [0.29, 0.717) is 30.5 Å². The Bertz CT molecular complexity index is 3980. The number of hydrogen-bond acceptors (Lipinski definition) is 12. The highest BCUT2D eigenvalue weighted by atomic mass is 28.3. The fraction of sp³-hybridized carbons (Fsp3) is 0.212. The number of fused-ring (bicyclic) bond motifs is 4. The number of para-hydroxylation sites is 2. The van der Waals surface area contributed by atoms with E-state index in [1.54, 1.807) is 12.4 Å². The summed E-state index contributed by atoms with van der Waals surface area (Å²) in [4.78, 5) is 26.3.